The molecule has 1 amide bonds. The molecule has 1 saturated heterocycles. The number of morpholine rings is 1. The smallest absolute Gasteiger partial charge is 0.221 e. The summed E-state index contributed by atoms with van der Waals surface area (Å²) in [5, 5.41) is 2.96. The van der Waals surface area contributed by atoms with Crippen LogP contribution in [-0.2, 0) is 9.53 Å². The van der Waals surface area contributed by atoms with Crippen LogP contribution in [0, 0.1) is 5.92 Å². The summed E-state index contributed by atoms with van der Waals surface area (Å²) in [5.41, 5.74) is 5.35. The van der Waals surface area contributed by atoms with Gasteiger partial charge >= 0.3 is 0 Å². The third-order valence-electron chi connectivity index (χ3n) is 3.16. The summed E-state index contributed by atoms with van der Waals surface area (Å²) in [7, 11) is 0. The van der Waals surface area contributed by atoms with Crippen molar-refractivity contribution in [1.29, 1.82) is 0 Å². The van der Waals surface area contributed by atoms with Crippen molar-refractivity contribution in [2.75, 3.05) is 39.4 Å². The average Bonchev–Trinajstić information content (AvgIpc) is 2.30. The van der Waals surface area contributed by atoms with Crippen LogP contribution in [0.4, 0.5) is 0 Å². The fraction of sp³-hybridized carbons (Fsp3) is 0.917. The van der Waals surface area contributed by atoms with Gasteiger partial charge in [-0.3, -0.25) is 9.69 Å². The molecule has 5 heteroatoms. The monoisotopic (exact) mass is 243 g/mol. The van der Waals surface area contributed by atoms with Gasteiger partial charge in [-0.25, -0.2) is 0 Å². The Balaban J connectivity index is 2.39. The Kier molecular flexibility index (Phi) is 6.47. The highest BCUT2D eigenvalue weighted by Gasteiger charge is 2.23. The summed E-state index contributed by atoms with van der Waals surface area (Å²) in [4.78, 5) is 13.8. The van der Waals surface area contributed by atoms with Crippen molar-refractivity contribution in [2.45, 2.75) is 26.3 Å². The molecule has 0 spiro atoms. The van der Waals surface area contributed by atoms with E-state index in [1.165, 1.54) is 0 Å². The highest BCUT2D eigenvalue weighted by molar-refractivity contribution is 5.76. The number of amides is 1. The zero-order chi connectivity index (χ0) is 12.7. The molecule has 100 valence electrons. The second kappa shape index (κ2) is 7.63. The first-order valence-electron chi connectivity index (χ1n) is 6.43. The third-order valence-corrected chi connectivity index (χ3v) is 3.16. The van der Waals surface area contributed by atoms with Crippen LogP contribution in [0.3, 0.4) is 0 Å². The van der Waals surface area contributed by atoms with Crippen molar-refractivity contribution in [3.05, 3.63) is 0 Å². The van der Waals surface area contributed by atoms with Crippen molar-refractivity contribution >= 4 is 5.91 Å². The van der Waals surface area contributed by atoms with Crippen molar-refractivity contribution in [1.82, 2.24) is 10.2 Å². The predicted octanol–water partition coefficient (Wildman–Crippen LogP) is -0.192. The molecule has 1 fully saturated rings. The van der Waals surface area contributed by atoms with E-state index >= 15 is 0 Å². The Morgan fingerprint density at radius 2 is 2.06 bits per heavy atom. The van der Waals surface area contributed by atoms with E-state index in [0.29, 0.717) is 31.5 Å². The van der Waals surface area contributed by atoms with E-state index in [-0.39, 0.29) is 5.91 Å². The molecule has 1 aliphatic heterocycles. The van der Waals surface area contributed by atoms with Gasteiger partial charge in [0.25, 0.3) is 0 Å². The third kappa shape index (κ3) is 5.02. The van der Waals surface area contributed by atoms with E-state index in [1.807, 2.05) is 0 Å². The van der Waals surface area contributed by atoms with Gasteiger partial charge in [-0.2, -0.15) is 0 Å². The fourth-order valence-corrected chi connectivity index (χ4v) is 2.13. The predicted molar refractivity (Wildman–Crippen MR) is 67.7 cm³/mol. The van der Waals surface area contributed by atoms with E-state index in [0.717, 1.165) is 26.3 Å². The van der Waals surface area contributed by atoms with Crippen LogP contribution in [0.15, 0.2) is 0 Å². The second-order valence-corrected chi connectivity index (χ2v) is 4.80. The van der Waals surface area contributed by atoms with Gasteiger partial charge in [-0.15, -0.1) is 0 Å². The van der Waals surface area contributed by atoms with Crippen molar-refractivity contribution < 1.29 is 9.53 Å². The van der Waals surface area contributed by atoms with Gasteiger partial charge in [-0.1, -0.05) is 13.8 Å². The quantitative estimate of drug-likeness (QED) is 0.678. The lowest BCUT2D eigenvalue weighted by molar-refractivity contribution is -0.121. The molecule has 5 nitrogen and oxygen atoms in total. The van der Waals surface area contributed by atoms with E-state index in [9.17, 15) is 4.79 Å². The number of nitrogens with one attached hydrogen (secondary N) is 1. The molecule has 0 saturated carbocycles. The number of ether oxygens (including phenoxy) is 1. The van der Waals surface area contributed by atoms with E-state index in [2.05, 4.69) is 24.1 Å². The van der Waals surface area contributed by atoms with Crippen LogP contribution in [-0.4, -0.2) is 56.2 Å². The SMILES string of the molecule is CC(C)C(CNC(=O)CCN)N1CCOCC1. The molecular weight excluding hydrogens is 218 g/mol. The average molecular weight is 243 g/mol. The van der Waals surface area contributed by atoms with Gasteiger partial charge in [0.05, 0.1) is 13.2 Å². The molecule has 17 heavy (non-hydrogen) atoms. The fourth-order valence-electron chi connectivity index (χ4n) is 2.13. The maximum atomic E-state index is 11.4. The maximum Gasteiger partial charge on any atom is 0.221 e. The summed E-state index contributed by atoms with van der Waals surface area (Å²) in [5.74, 6) is 0.567. The van der Waals surface area contributed by atoms with E-state index < -0.39 is 0 Å². The Bertz CT molecular complexity index is 228. The first kappa shape index (κ1) is 14.4. The first-order valence-corrected chi connectivity index (χ1v) is 6.43. The summed E-state index contributed by atoms with van der Waals surface area (Å²) in [6.45, 7) is 8.99. The van der Waals surface area contributed by atoms with Gasteiger partial charge in [0, 0.05) is 38.6 Å². The van der Waals surface area contributed by atoms with Gasteiger partial charge in [0.15, 0.2) is 0 Å². The number of hydrogen-bond acceptors (Lipinski definition) is 4. The van der Waals surface area contributed by atoms with Gasteiger partial charge in [0.1, 0.15) is 0 Å². The molecule has 1 heterocycles. The van der Waals surface area contributed by atoms with Crippen LogP contribution >= 0.6 is 0 Å². The molecule has 1 rings (SSSR count). The van der Waals surface area contributed by atoms with Crippen molar-refractivity contribution in [2.24, 2.45) is 11.7 Å². The largest absolute Gasteiger partial charge is 0.379 e. The maximum absolute atomic E-state index is 11.4. The van der Waals surface area contributed by atoms with Crippen LogP contribution in [0.25, 0.3) is 0 Å². The molecule has 0 radical (unpaired) electrons. The Labute approximate surface area is 104 Å². The van der Waals surface area contributed by atoms with Crippen LogP contribution in [0.5, 0.6) is 0 Å². The number of nitrogens with two attached hydrogens (primary N) is 1. The lowest BCUT2D eigenvalue weighted by atomic mass is 10.0. The van der Waals surface area contributed by atoms with Crippen LogP contribution in [0.2, 0.25) is 0 Å². The summed E-state index contributed by atoms with van der Waals surface area (Å²) in [6, 6.07) is 0.389. The van der Waals surface area contributed by atoms with Gasteiger partial charge in [-0.05, 0) is 5.92 Å². The molecule has 1 atom stereocenters. The molecular formula is C12H25N3O2. The standard InChI is InChI=1S/C12H25N3O2/c1-10(2)11(9-14-12(16)3-4-13)15-5-7-17-8-6-15/h10-11H,3-9,13H2,1-2H3,(H,14,16). The molecule has 0 aromatic carbocycles. The first-order chi connectivity index (χ1) is 8.15. The number of carbonyl (C=O) groups excluding carboxylic acids is 1. The summed E-state index contributed by atoms with van der Waals surface area (Å²) >= 11 is 0. The Morgan fingerprint density at radius 1 is 1.41 bits per heavy atom. The molecule has 0 aliphatic carbocycles. The van der Waals surface area contributed by atoms with Crippen molar-refractivity contribution in [3.63, 3.8) is 0 Å². The van der Waals surface area contributed by atoms with E-state index in [4.69, 9.17) is 10.5 Å². The minimum atomic E-state index is 0.0476. The zero-order valence-electron chi connectivity index (χ0n) is 10.9. The van der Waals surface area contributed by atoms with Crippen molar-refractivity contribution in [3.8, 4) is 0 Å². The minimum Gasteiger partial charge on any atom is -0.379 e. The lowest BCUT2D eigenvalue weighted by Crippen LogP contribution is -2.51. The topological polar surface area (TPSA) is 67.6 Å². The highest BCUT2D eigenvalue weighted by Crippen LogP contribution is 2.12. The molecule has 0 bridgehead atoms. The molecule has 0 aromatic heterocycles. The van der Waals surface area contributed by atoms with Gasteiger partial charge in [0.2, 0.25) is 5.91 Å². The Hall–Kier alpha value is -0.650. The zero-order valence-corrected chi connectivity index (χ0v) is 10.9. The summed E-state index contributed by atoms with van der Waals surface area (Å²) < 4.78 is 5.35. The lowest BCUT2D eigenvalue weighted by Gasteiger charge is -2.36. The van der Waals surface area contributed by atoms with Crippen LogP contribution < -0.4 is 11.1 Å². The normalized spacial score (nSPS) is 19.3. The summed E-state index contributed by atoms with van der Waals surface area (Å²) in [6.07, 6.45) is 0.411. The van der Waals surface area contributed by atoms with Gasteiger partial charge < -0.3 is 15.8 Å². The number of carbonyl (C=O) groups is 1. The molecule has 1 aliphatic rings. The van der Waals surface area contributed by atoms with E-state index in [1.54, 1.807) is 0 Å². The molecule has 1 unspecified atom stereocenters. The Morgan fingerprint density at radius 3 is 2.59 bits per heavy atom. The number of rotatable bonds is 6. The molecule has 3 N–H and O–H groups in total. The minimum absolute atomic E-state index is 0.0476. The highest BCUT2D eigenvalue weighted by atomic mass is 16.5. The number of hydrogen-bond donors (Lipinski definition) is 2. The van der Waals surface area contributed by atoms with Crippen LogP contribution in [0.1, 0.15) is 20.3 Å². The second-order valence-electron chi connectivity index (χ2n) is 4.80. The number of nitrogens with zero attached hydrogens (tertiary/aromatic N) is 1. The molecule has 0 aromatic rings.